The van der Waals surface area contributed by atoms with Crippen molar-refractivity contribution < 1.29 is 9.18 Å². The first kappa shape index (κ1) is 22.0. The minimum absolute atomic E-state index is 0.106. The minimum atomic E-state index is -0.346. The number of para-hydroxylation sites is 1. The molecule has 2 heterocycles. The summed E-state index contributed by atoms with van der Waals surface area (Å²) in [5.41, 5.74) is 4.87. The summed E-state index contributed by atoms with van der Waals surface area (Å²) < 4.78 is 13.9. The van der Waals surface area contributed by atoms with Gasteiger partial charge in [0.15, 0.2) is 0 Å². The van der Waals surface area contributed by atoms with Crippen LogP contribution in [0.25, 0.3) is 23.1 Å². The summed E-state index contributed by atoms with van der Waals surface area (Å²) in [5.74, 6) is -0.637. The molecule has 3 aromatic carbocycles. The number of nitrogens with zero attached hydrogens (tertiary/aromatic N) is 2. The lowest BCUT2D eigenvalue weighted by atomic mass is 10.1. The van der Waals surface area contributed by atoms with E-state index in [1.54, 1.807) is 36.5 Å². The van der Waals surface area contributed by atoms with Gasteiger partial charge in [0.25, 0.3) is 5.91 Å². The van der Waals surface area contributed by atoms with Crippen LogP contribution in [0.4, 0.5) is 15.8 Å². The molecule has 3 N–H and O–H groups in total. The molecule has 0 bridgehead atoms. The number of fused-ring (bicyclic) bond motifs is 1. The molecular formula is C28H22FN5O. The highest BCUT2D eigenvalue weighted by atomic mass is 19.1. The molecule has 0 spiro atoms. The molecule has 5 aromatic rings. The number of aromatic nitrogens is 3. The molecule has 0 fully saturated rings. The number of carbonyl (C=O) groups excluding carboxylic acids is 1. The van der Waals surface area contributed by atoms with Crippen molar-refractivity contribution in [3.63, 3.8) is 0 Å². The normalized spacial score (nSPS) is 11.1. The quantitative estimate of drug-likeness (QED) is 0.279. The Morgan fingerprint density at radius 2 is 1.77 bits per heavy atom. The number of hydrogen-bond acceptors (Lipinski definition) is 4. The minimum Gasteiger partial charge on any atom is -0.355 e. The van der Waals surface area contributed by atoms with Gasteiger partial charge in [-0.15, -0.1) is 0 Å². The zero-order valence-corrected chi connectivity index (χ0v) is 18.7. The van der Waals surface area contributed by atoms with Crippen LogP contribution in [0.3, 0.4) is 0 Å². The van der Waals surface area contributed by atoms with Crippen molar-refractivity contribution in [3.05, 3.63) is 119 Å². The first-order valence-electron chi connectivity index (χ1n) is 11.1. The van der Waals surface area contributed by atoms with E-state index < -0.39 is 0 Å². The van der Waals surface area contributed by atoms with E-state index in [-0.39, 0.29) is 18.3 Å². The fourth-order valence-corrected chi connectivity index (χ4v) is 3.74. The fraction of sp³-hybridized carbons (Fsp3) is 0.0357. The van der Waals surface area contributed by atoms with Crippen molar-refractivity contribution in [2.75, 3.05) is 5.32 Å². The Morgan fingerprint density at radius 1 is 0.943 bits per heavy atom. The zero-order chi connectivity index (χ0) is 24.0. The molecule has 6 nitrogen and oxygen atoms in total. The summed E-state index contributed by atoms with van der Waals surface area (Å²) in [6.07, 6.45) is 5.58. The Morgan fingerprint density at radius 3 is 2.63 bits per heavy atom. The average molecular weight is 464 g/mol. The summed E-state index contributed by atoms with van der Waals surface area (Å²) in [7, 11) is 0. The lowest BCUT2D eigenvalue weighted by Crippen LogP contribution is -2.24. The molecule has 172 valence electrons. The van der Waals surface area contributed by atoms with Gasteiger partial charge < -0.3 is 10.6 Å². The monoisotopic (exact) mass is 463 g/mol. The zero-order valence-electron chi connectivity index (χ0n) is 18.7. The first-order chi connectivity index (χ1) is 17.2. The predicted octanol–water partition coefficient (Wildman–Crippen LogP) is 5.94. The van der Waals surface area contributed by atoms with E-state index in [0.29, 0.717) is 16.8 Å². The molecule has 0 radical (unpaired) electrons. The molecule has 0 unspecified atom stereocenters. The van der Waals surface area contributed by atoms with Gasteiger partial charge in [0.2, 0.25) is 0 Å². The van der Waals surface area contributed by atoms with E-state index in [1.165, 1.54) is 6.07 Å². The van der Waals surface area contributed by atoms with E-state index in [0.717, 1.165) is 28.0 Å². The number of hydrogen-bond donors (Lipinski definition) is 3. The van der Waals surface area contributed by atoms with Crippen LogP contribution in [0.2, 0.25) is 0 Å². The van der Waals surface area contributed by atoms with E-state index in [9.17, 15) is 9.18 Å². The topological polar surface area (TPSA) is 82.7 Å². The second-order valence-electron chi connectivity index (χ2n) is 7.90. The number of nitrogens with one attached hydrogen (secondary N) is 3. The van der Waals surface area contributed by atoms with Gasteiger partial charge in [0.05, 0.1) is 28.2 Å². The molecule has 0 aliphatic heterocycles. The van der Waals surface area contributed by atoms with Crippen LogP contribution >= 0.6 is 0 Å². The lowest BCUT2D eigenvalue weighted by Gasteiger charge is -2.13. The van der Waals surface area contributed by atoms with Gasteiger partial charge in [0, 0.05) is 29.4 Å². The van der Waals surface area contributed by atoms with Crippen molar-refractivity contribution in [1.29, 1.82) is 0 Å². The van der Waals surface area contributed by atoms with E-state index >= 15 is 0 Å². The van der Waals surface area contributed by atoms with Crippen molar-refractivity contribution >= 4 is 40.3 Å². The number of anilines is 2. The van der Waals surface area contributed by atoms with Crippen LogP contribution in [0.15, 0.2) is 91.1 Å². The molecule has 1 amide bonds. The highest BCUT2D eigenvalue weighted by Crippen LogP contribution is 2.26. The van der Waals surface area contributed by atoms with Crippen molar-refractivity contribution in [2.45, 2.75) is 6.54 Å². The third kappa shape index (κ3) is 5.09. The Hall–Kier alpha value is -4.78. The molecule has 35 heavy (non-hydrogen) atoms. The third-order valence-corrected chi connectivity index (χ3v) is 5.54. The van der Waals surface area contributed by atoms with Crippen LogP contribution < -0.4 is 10.6 Å². The average Bonchev–Trinajstić information content (AvgIpc) is 3.30. The van der Waals surface area contributed by atoms with Gasteiger partial charge in [-0.1, -0.05) is 36.4 Å². The van der Waals surface area contributed by atoms with Gasteiger partial charge in [-0.3, -0.25) is 14.9 Å². The standard InChI is InChI=1S/C28H22FN5O/c29-24-10-3-1-7-19(24)18-31-28(35)23-9-2-4-11-25(23)32-21-12-14-22-26(33-34-27(22)17-21)15-13-20-8-5-6-16-30-20/h1-17,32H,18H2,(H,31,35)(H,33,34)/b15-13+. The predicted molar refractivity (Wildman–Crippen MR) is 137 cm³/mol. The fourth-order valence-electron chi connectivity index (χ4n) is 3.74. The smallest absolute Gasteiger partial charge is 0.253 e. The number of carbonyl (C=O) groups is 1. The Labute approximate surface area is 201 Å². The molecule has 0 aliphatic carbocycles. The molecule has 0 saturated carbocycles. The molecule has 2 aromatic heterocycles. The Kier molecular flexibility index (Phi) is 6.30. The van der Waals surface area contributed by atoms with Crippen LogP contribution in [0, 0.1) is 5.82 Å². The van der Waals surface area contributed by atoms with Crippen LogP contribution in [-0.4, -0.2) is 21.1 Å². The maximum Gasteiger partial charge on any atom is 0.253 e. The summed E-state index contributed by atoms with van der Waals surface area (Å²) in [5, 5.41) is 14.5. The molecular weight excluding hydrogens is 441 g/mol. The van der Waals surface area contributed by atoms with E-state index in [2.05, 4.69) is 25.8 Å². The maximum atomic E-state index is 13.9. The van der Waals surface area contributed by atoms with Gasteiger partial charge in [0.1, 0.15) is 5.82 Å². The highest BCUT2D eigenvalue weighted by Gasteiger charge is 2.13. The SMILES string of the molecule is O=C(NCc1ccccc1F)c1ccccc1Nc1ccc2c(/C=C/c3ccccn3)n[nH]c2c1. The number of aromatic amines is 1. The maximum absolute atomic E-state index is 13.9. The second kappa shape index (κ2) is 10.0. The number of pyridine rings is 1. The van der Waals surface area contributed by atoms with E-state index in [4.69, 9.17) is 0 Å². The molecule has 7 heteroatoms. The van der Waals surface area contributed by atoms with Crippen molar-refractivity contribution in [3.8, 4) is 0 Å². The number of amides is 1. The van der Waals surface area contributed by atoms with Gasteiger partial charge in [-0.25, -0.2) is 4.39 Å². The molecule has 0 aliphatic rings. The van der Waals surface area contributed by atoms with Crippen molar-refractivity contribution in [1.82, 2.24) is 20.5 Å². The number of rotatable bonds is 7. The molecule has 0 atom stereocenters. The van der Waals surface area contributed by atoms with E-state index in [1.807, 2.05) is 60.7 Å². The third-order valence-electron chi connectivity index (χ3n) is 5.54. The number of benzene rings is 3. The van der Waals surface area contributed by atoms with Crippen LogP contribution in [0.5, 0.6) is 0 Å². The summed E-state index contributed by atoms with van der Waals surface area (Å²) >= 11 is 0. The van der Waals surface area contributed by atoms with Gasteiger partial charge >= 0.3 is 0 Å². The number of halogens is 1. The van der Waals surface area contributed by atoms with Crippen LogP contribution in [0.1, 0.15) is 27.3 Å². The highest BCUT2D eigenvalue weighted by molar-refractivity contribution is 6.00. The first-order valence-corrected chi connectivity index (χ1v) is 11.1. The summed E-state index contributed by atoms with van der Waals surface area (Å²) in [6, 6.07) is 25.2. The van der Waals surface area contributed by atoms with Gasteiger partial charge in [-0.05, 0) is 60.7 Å². The lowest BCUT2D eigenvalue weighted by molar-refractivity contribution is 0.0951. The summed E-state index contributed by atoms with van der Waals surface area (Å²) in [6.45, 7) is 0.106. The largest absolute Gasteiger partial charge is 0.355 e. The number of H-pyrrole nitrogens is 1. The molecule has 5 rings (SSSR count). The summed E-state index contributed by atoms with van der Waals surface area (Å²) in [4.78, 5) is 17.1. The molecule has 0 saturated heterocycles. The Balaban J connectivity index is 1.32. The van der Waals surface area contributed by atoms with Crippen molar-refractivity contribution in [2.24, 2.45) is 0 Å². The van der Waals surface area contributed by atoms with Gasteiger partial charge in [-0.2, -0.15) is 5.10 Å². The Bertz CT molecular complexity index is 1510. The van der Waals surface area contributed by atoms with Crippen LogP contribution in [-0.2, 0) is 6.54 Å². The second-order valence-corrected chi connectivity index (χ2v) is 7.90.